The van der Waals surface area contributed by atoms with Crippen molar-refractivity contribution < 1.29 is 9.18 Å². The number of amides is 1. The van der Waals surface area contributed by atoms with Gasteiger partial charge in [-0.3, -0.25) is 4.79 Å². The molecule has 18 heavy (non-hydrogen) atoms. The van der Waals surface area contributed by atoms with Gasteiger partial charge in [0.15, 0.2) is 0 Å². The fourth-order valence-electron chi connectivity index (χ4n) is 1.39. The van der Waals surface area contributed by atoms with Crippen LogP contribution in [0.25, 0.3) is 0 Å². The van der Waals surface area contributed by atoms with Crippen molar-refractivity contribution in [3.05, 3.63) is 52.0 Å². The number of thiocarbonyl (C=S) groups is 1. The molecule has 0 spiro atoms. The molecular formula is C12H9FN2OS2. The average molecular weight is 280 g/mol. The van der Waals surface area contributed by atoms with E-state index in [2.05, 4.69) is 5.32 Å². The van der Waals surface area contributed by atoms with Gasteiger partial charge in [0.25, 0.3) is 5.91 Å². The summed E-state index contributed by atoms with van der Waals surface area (Å²) in [5.41, 5.74) is 6.52. The molecule has 6 heteroatoms. The number of nitrogens with one attached hydrogen (secondary N) is 1. The molecule has 1 aromatic heterocycles. The highest BCUT2D eigenvalue weighted by Gasteiger charge is 2.09. The van der Waals surface area contributed by atoms with Crippen LogP contribution < -0.4 is 11.1 Å². The van der Waals surface area contributed by atoms with Crippen molar-refractivity contribution in [2.75, 3.05) is 5.32 Å². The molecule has 0 saturated heterocycles. The molecule has 0 aliphatic carbocycles. The number of thiophene rings is 1. The molecule has 1 aromatic carbocycles. The van der Waals surface area contributed by atoms with Crippen LogP contribution in [0.4, 0.5) is 10.1 Å². The summed E-state index contributed by atoms with van der Waals surface area (Å²) in [6, 6.07) is 5.80. The van der Waals surface area contributed by atoms with Gasteiger partial charge in [-0.2, -0.15) is 11.3 Å². The number of carbonyl (C=O) groups excluding carboxylic acids is 1. The molecule has 0 aliphatic rings. The molecule has 0 bridgehead atoms. The summed E-state index contributed by atoms with van der Waals surface area (Å²) in [6.45, 7) is 0. The van der Waals surface area contributed by atoms with Crippen LogP contribution in [0.15, 0.2) is 35.0 Å². The minimum absolute atomic E-state index is 0.0425. The third-order valence-electron chi connectivity index (χ3n) is 2.27. The summed E-state index contributed by atoms with van der Waals surface area (Å²) < 4.78 is 13.4. The number of carbonyl (C=O) groups is 1. The second kappa shape index (κ2) is 5.24. The predicted molar refractivity (Wildman–Crippen MR) is 74.6 cm³/mol. The Morgan fingerprint density at radius 3 is 2.78 bits per heavy atom. The molecule has 0 atom stereocenters. The van der Waals surface area contributed by atoms with Gasteiger partial charge in [0, 0.05) is 16.6 Å². The number of rotatable bonds is 3. The first kappa shape index (κ1) is 12.7. The highest BCUT2D eigenvalue weighted by Crippen LogP contribution is 2.16. The Kier molecular flexibility index (Phi) is 3.69. The van der Waals surface area contributed by atoms with Gasteiger partial charge in [-0.15, -0.1) is 0 Å². The summed E-state index contributed by atoms with van der Waals surface area (Å²) in [7, 11) is 0. The average Bonchev–Trinajstić information content (AvgIpc) is 2.85. The molecular weight excluding hydrogens is 271 g/mol. The van der Waals surface area contributed by atoms with Crippen LogP contribution in [0, 0.1) is 5.82 Å². The van der Waals surface area contributed by atoms with E-state index in [-0.39, 0.29) is 16.5 Å². The Labute approximate surface area is 112 Å². The lowest BCUT2D eigenvalue weighted by Crippen LogP contribution is -2.14. The fourth-order valence-corrected chi connectivity index (χ4v) is 2.18. The van der Waals surface area contributed by atoms with E-state index in [4.69, 9.17) is 18.0 Å². The van der Waals surface area contributed by atoms with Crippen molar-refractivity contribution in [3.63, 3.8) is 0 Å². The molecule has 0 radical (unpaired) electrons. The normalized spacial score (nSPS) is 10.1. The third-order valence-corrected chi connectivity index (χ3v) is 3.18. The van der Waals surface area contributed by atoms with E-state index in [0.29, 0.717) is 11.3 Å². The summed E-state index contributed by atoms with van der Waals surface area (Å²) in [4.78, 5) is 11.7. The third kappa shape index (κ3) is 2.72. The van der Waals surface area contributed by atoms with Crippen LogP contribution in [0.3, 0.4) is 0 Å². The van der Waals surface area contributed by atoms with Gasteiger partial charge >= 0.3 is 0 Å². The van der Waals surface area contributed by atoms with E-state index in [9.17, 15) is 9.18 Å². The lowest BCUT2D eigenvalue weighted by molar-refractivity contribution is 0.102. The van der Waals surface area contributed by atoms with Crippen molar-refractivity contribution in [3.8, 4) is 0 Å². The highest BCUT2D eigenvalue weighted by molar-refractivity contribution is 7.80. The summed E-state index contributed by atoms with van der Waals surface area (Å²) in [5.74, 6) is -0.757. The Hall–Kier alpha value is -1.79. The molecule has 3 nitrogen and oxygen atoms in total. The van der Waals surface area contributed by atoms with Gasteiger partial charge in [-0.1, -0.05) is 12.2 Å². The van der Waals surface area contributed by atoms with Crippen LogP contribution in [0.5, 0.6) is 0 Å². The van der Waals surface area contributed by atoms with Crippen molar-refractivity contribution >= 4 is 40.1 Å². The first-order valence-electron chi connectivity index (χ1n) is 5.01. The first-order valence-corrected chi connectivity index (χ1v) is 6.36. The number of nitrogens with two attached hydrogens (primary N) is 1. The zero-order chi connectivity index (χ0) is 13.1. The fraction of sp³-hybridized carbons (Fsp3) is 0. The van der Waals surface area contributed by atoms with Crippen LogP contribution in [0.2, 0.25) is 0 Å². The Bertz CT molecular complexity index is 596. The van der Waals surface area contributed by atoms with Gasteiger partial charge in [-0.05, 0) is 29.6 Å². The van der Waals surface area contributed by atoms with Crippen LogP contribution in [-0.4, -0.2) is 10.9 Å². The number of hydrogen-bond donors (Lipinski definition) is 2. The molecule has 0 unspecified atom stereocenters. The molecule has 3 N–H and O–H groups in total. The molecule has 92 valence electrons. The van der Waals surface area contributed by atoms with Crippen molar-refractivity contribution in [2.45, 2.75) is 0 Å². The molecule has 2 aromatic rings. The molecule has 1 heterocycles. The van der Waals surface area contributed by atoms with Crippen molar-refractivity contribution in [1.82, 2.24) is 0 Å². The van der Waals surface area contributed by atoms with Crippen LogP contribution in [0.1, 0.15) is 15.9 Å². The maximum absolute atomic E-state index is 13.4. The molecule has 0 fully saturated rings. The van der Waals surface area contributed by atoms with Gasteiger partial charge in [-0.25, -0.2) is 4.39 Å². The summed E-state index contributed by atoms with van der Waals surface area (Å²) >= 11 is 6.16. The van der Waals surface area contributed by atoms with E-state index >= 15 is 0 Å². The zero-order valence-electron chi connectivity index (χ0n) is 9.14. The quantitative estimate of drug-likeness (QED) is 0.850. The maximum atomic E-state index is 13.4. The Balaban J connectivity index is 2.22. The van der Waals surface area contributed by atoms with Gasteiger partial charge in [0.2, 0.25) is 0 Å². The Morgan fingerprint density at radius 1 is 1.39 bits per heavy atom. The van der Waals surface area contributed by atoms with E-state index < -0.39 is 5.82 Å². The van der Waals surface area contributed by atoms with E-state index in [1.54, 1.807) is 16.8 Å². The summed E-state index contributed by atoms with van der Waals surface area (Å²) in [6.07, 6.45) is 0. The molecule has 2 rings (SSSR count). The standard InChI is InChI=1S/C12H9FN2OS2/c13-10-2-1-8(5-9(10)11(14)17)15-12(16)7-3-4-18-6-7/h1-6H,(H2,14,17)(H,15,16). The molecule has 1 amide bonds. The largest absolute Gasteiger partial charge is 0.389 e. The Morgan fingerprint density at radius 2 is 2.17 bits per heavy atom. The van der Waals surface area contributed by atoms with Crippen molar-refractivity contribution in [2.24, 2.45) is 5.73 Å². The van der Waals surface area contributed by atoms with E-state index in [1.807, 2.05) is 0 Å². The topological polar surface area (TPSA) is 55.1 Å². The first-order chi connectivity index (χ1) is 8.58. The van der Waals surface area contributed by atoms with Crippen molar-refractivity contribution in [1.29, 1.82) is 0 Å². The predicted octanol–water partition coefficient (Wildman–Crippen LogP) is 2.77. The van der Waals surface area contributed by atoms with E-state index in [1.165, 1.54) is 29.5 Å². The number of hydrogen-bond acceptors (Lipinski definition) is 3. The van der Waals surface area contributed by atoms with Crippen LogP contribution in [-0.2, 0) is 0 Å². The second-order valence-corrected chi connectivity index (χ2v) is 4.74. The van der Waals surface area contributed by atoms with Gasteiger partial charge < -0.3 is 11.1 Å². The number of benzene rings is 1. The SMILES string of the molecule is NC(=S)c1cc(NC(=O)c2ccsc2)ccc1F. The smallest absolute Gasteiger partial charge is 0.256 e. The lowest BCUT2D eigenvalue weighted by atomic mass is 10.2. The van der Waals surface area contributed by atoms with Gasteiger partial charge in [0.05, 0.1) is 5.56 Å². The number of halogens is 1. The minimum atomic E-state index is -0.504. The van der Waals surface area contributed by atoms with Gasteiger partial charge in [0.1, 0.15) is 10.8 Å². The zero-order valence-corrected chi connectivity index (χ0v) is 10.8. The highest BCUT2D eigenvalue weighted by atomic mass is 32.1. The monoisotopic (exact) mass is 280 g/mol. The summed E-state index contributed by atoms with van der Waals surface area (Å²) in [5, 5.41) is 6.19. The minimum Gasteiger partial charge on any atom is -0.389 e. The molecule has 0 saturated carbocycles. The second-order valence-electron chi connectivity index (χ2n) is 3.53. The lowest BCUT2D eigenvalue weighted by Gasteiger charge is -2.07. The number of anilines is 1. The van der Waals surface area contributed by atoms with E-state index in [0.717, 1.165) is 0 Å². The van der Waals surface area contributed by atoms with Crippen LogP contribution >= 0.6 is 23.6 Å². The molecule has 0 aliphatic heterocycles. The maximum Gasteiger partial charge on any atom is 0.256 e.